The Balaban J connectivity index is 2.15. The zero-order valence-corrected chi connectivity index (χ0v) is 19.9. The fourth-order valence-electron chi connectivity index (χ4n) is 3.74. The minimum atomic E-state index is -0.748. The van der Waals surface area contributed by atoms with Gasteiger partial charge in [0, 0.05) is 18.1 Å². The van der Waals surface area contributed by atoms with Gasteiger partial charge in [0.05, 0.1) is 13.0 Å². The third kappa shape index (κ3) is 7.13. The molecule has 1 N–H and O–H groups in total. The molecule has 8 heteroatoms. The van der Waals surface area contributed by atoms with E-state index >= 15 is 0 Å². The highest BCUT2D eigenvalue weighted by molar-refractivity contribution is 6.30. The van der Waals surface area contributed by atoms with E-state index in [1.165, 1.54) is 7.11 Å². The molecule has 0 saturated carbocycles. The third-order valence-electron chi connectivity index (χ3n) is 5.27. The highest BCUT2D eigenvalue weighted by atomic mass is 35.5. The summed E-state index contributed by atoms with van der Waals surface area (Å²) in [6.07, 6.45) is -0.0204. The molecule has 1 aliphatic heterocycles. The number of hydrogen-bond acceptors (Lipinski definition) is 5. The Labute approximate surface area is 189 Å². The van der Waals surface area contributed by atoms with Crippen molar-refractivity contribution in [2.75, 3.05) is 20.2 Å². The van der Waals surface area contributed by atoms with Gasteiger partial charge >= 0.3 is 12.1 Å². The van der Waals surface area contributed by atoms with Crippen molar-refractivity contribution < 1.29 is 23.9 Å². The van der Waals surface area contributed by atoms with Gasteiger partial charge in [0.15, 0.2) is 0 Å². The molecule has 172 valence electrons. The number of likely N-dealkylation sites (tertiary alicyclic amines) is 1. The Morgan fingerprint density at radius 2 is 1.77 bits per heavy atom. The van der Waals surface area contributed by atoms with Crippen LogP contribution in [0.1, 0.15) is 40.2 Å². The molecule has 2 amide bonds. The molecule has 31 heavy (non-hydrogen) atoms. The first-order valence-electron chi connectivity index (χ1n) is 10.5. The molecule has 0 radical (unpaired) electrons. The smallest absolute Gasteiger partial charge is 0.408 e. The van der Waals surface area contributed by atoms with Crippen molar-refractivity contribution in [1.29, 1.82) is 0 Å². The van der Waals surface area contributed by atoms with Crippen LogP contribution in [0.15, 0.2) is 24.3 Å². The maximum Gasteiger partial charge on any atom is 0.408 e. The molecule has 3 atom stereocenters. The van der Waals surface area contributed by atoms with Crippen LogP contribution in [0.5, 0.6) is 0 Å². The fourth-order valence-corrected chi connectivity index (χ4v) is 3.87. The second-order valence-electron chi connectivity index (χ2n) is 9.33. The first-order valence-corrected chi connectivity index (χ1v) is 10.9. The number of benzene rings is 1. The average molecular weight is 453 g/mol. The van der Waals surface area contributed by atoms with Crippen molar-refractivity contribution in [2.24, 2.45) is 17.8 Å². The summed E-state index contributed by atoms with van der Waals surface area (Å²) in [5.74, 6) is -1.23. The molecule has 0 aromatic heterocycles. The lowest BCUT2D eigenvalue weighted by Crippen LogP contribution is -2.51. The first kappa shape index (κ1) is 25.0. The second-order valence-corrected chi connectivity index (χ2v) is 9.77. The van der Waals surface area contributed by atoms with Crippen LogP contribution in [0.2, 0.25) is 5.02 Å². The predicted octanol–water partition coefficient (Wildman–Crippen LogP) is 3.68. The van der Waals surface area contributed by atoms with Gasteiger partial charge in [-0.3, -0.25) is 9.59 Å². The number of carbonyl (C=O) groups excluding carboxylic acids is 3. The standard InChI is InChI=1S/C23H33ClN2O5/c1-14(2)19(25-22(29)31-23(3,4)5)20(27)26-12-16(18(13-26)21(28)30-6)11-15-7-9-17(24)10-8-15/h7-10,14,16,18-19H,11-13H2,1-6H3,(H,25,29)/t16-,18-,19?/m0/s1. The largest absolute Gasteiger partial charge is 0.469 e. The number of nitrogens with one attached hydrogen (secondary N) is 1. The monoisotopic (exact) mass is 452 g/mol. The Morgan fingerprint density at radius 1 is 1.16 bits per heavy atom. The van der Waals surface area contributed by atoms with E-state index < -0.39 is 23.7 Å². The van der Waals surface area contributed by atoms with E-state index in [9.17, 15) is 14.4 Å². The van der Waals surface area contributed by atoms with Gasteiger partial charge in [-0.1, -0.05) is 37.6 Å². The Morgan fingerprint density at radius 3 is 2.29 bits per heavy atom. The third-order valence-corrected chi connectivity index (χ3v) is 5.52. The summed E-state index contributed by atoms with van der Waals surface area (Å²) in [7, 11) is 1.35. The van der Waals surface area contributed by atoms with Crippen molar-refractivity contribution in [2.45, 2.75) is 52.7 Å². The maximum atomic E-state index is 13.3. The van der Waals surface area contributed by atoms with E-state index in [1.807, 2.05) is 38.1 Å². The summed E-state index contributed by atoms with van der Waals surface area (Å²) in [5, 5.41) is 3.34. The second kappa shape index (κ2) is 10.4. The molecule has 1 aromatic carbocycles. The number of nitrogens with zero attached hydrogens (tertiary/aromatic N) is 1. The number of methoxy groups -OCH3 is 1. The Bertz CT molecular complexity index is 788. The van der Waals surface area contributed by atoms with Crippen LogP contribution >= 0.6 is 11.6 Å². The van der Waals surface area contributed by atoms with Crippen LogP contribution < -0.4 is 5.32 Å². The number of halogens is 1. The van der Waals surface area contributed by atoms with Gasteiger partial charge in [0.1, 0.15) is 11.6 Å². The lowest BCUT2D eigenvalue weighted by atomic mass is 9.90. The topological polar surface area (TPSA) is 84.9 Å². The number of alkyl carbamates (subject to hydrolysis) is 1. The number of ether oxygens (including phenoxy) is 2. The van der Waals surface area contributed by atoms with Gasteiger partial charge in [-0.15, -0.1) is 0 Å². The molecular formula is C23H33ClN2O5. The number of rotatable bonds is 6. The predicted molar refractivity (Wildman–Crippen MR) is 119 cm³/mol. The van der Waals surface area contributed by atoms with Gasteiger partial charge in [-0.05, 0) is 56.7 Å². The van der Waals surface area contributed by atoms with Gasteiger partial charge in [-0.2, -0.15) is 0 Å². The molecule has 1 heterocycles. The summed E-state index contributed by atoms with van der Waals surface area (Å²) >= 11 is 5.97. The molecule has 0 spiro atoms. The maximum absolute atomic E-state index is 13.3. The average Bonchev–Trinajstić information content (AvgIpc) is 3.09. The van der Waals surface area contributed by atoms with E-state index in [0.717, 1.165) is 5.56 Å². The van der Waals surface area contributed by atoms with Crippen LogP contribution in [-0.2, 0) is 25.5 Å². The normalized spacial score (nSPS) is 19.8. The highest BCUT2D eigenvalue weighted by Crippen LogP contribution is 2.29. The summed E-state index contributed by atoms with van der Waals surface area (Å²) in [6, 6.07) is 6.70. The molecule has 1 aliphatic rings. The summed E-state index contributed by atoms with van der Waals surface area (Å²) in [6.45, 7) is 9.67. The van der Waals surface area contributed by atoms with Crippen LogP contribution in [0.3, 0.4) is 0 Å². The molecule has 7 nitrogen and oxygen atoms in total. The van der Waals surface area contributed by atoms with Crippen LogP contribution in [0.4, 0.5) is 4.79 Å². The minimum absolute atomic E-state index is 0.0908. The lowest BCUT2D eigenvalue weighted by Gasteiger charge is -2.28. The number of carbonyl (C=O) groups is 3. The van der Waals surface area contributed by atoms with Crippen molar-refractivity contribution in [3.8, 4) is 0 Å². The van der Waals surface area contributed by atoms with E-state index in [4.69, 9.17) is 21.1 Å². The van der Waals surface area contributed by atoms with E-state index in [2.05, 4.69) is 5.32 Å². The van der Waals surface area contributed by atoms with Gasteiger partial charge in [0.25, 0.3) is 0 Å². The van der Waals surface area contributed by atoms with E-state index in [1.54, 1.807) is 25.7 Å². The number of amides is 2. The lowest BCUT2D eigenvalue weighted by molar-refractivity contribution is -0.146. The molecule has 0 aliphatic carbocycles. The molecule has 1 unspecified atom stereocenters. The van der Waals surface area contributed by atoms with Crippen LogP contribution in [-0.4, -0.2) is 54.7 Å². The quantitative estimate of drug-likeness (QED) is 0.665. The summed E-state index contributed by atoms with van der Waals surface area (Å²) in [5.41, 5.74) is 0.368. The van der Waals surface area contributed by atoms with Gasteiger partial charge in [-0.25, -0.2) is 4.79 Å². The van der Waals surface area contributed by atoms with Crippen molar-refractivity contribution in [1.82, 2.24) is 10.2 Å². The molecule has 1 fully saturated rings. The zero-order valence-electron chi connectivity index (χ0n) is 19.1. The molecule has 1 saturated heterocycles. The Hall–Kier alpha value is -2.28. The van der Waals surface area contributed by atoms with Gasteiger partial charge < -0.3 is 19.7 Å². The highest BCUT2D eigenvalue weighted by Gasteiger charge is 2.42. The molecular weight excluding hydrogens is 420 g/mol. The van der Waals surface area contributed by atoms with Crippen molar-refractivity contribution in [3.05, 3.63) is 34.9 Å². The number of esters is 1. The van der Waals surface area contributed by atoms with Crippen molar-refractivity contribution >= 4 is 29.6 Å². The summed E-state index contributed by atoms with van der Waals surface area (Å²) in [4.78, 5) is 39.6. The van der Waals surface area contributed by atoms with E-state index in [0.29, 0.717) is 18.0 Å². The fraction of sp³-hybridized carbons (Fsp3) is 0.609. The molecule has 0 bridgehead atoms. The zero-order chi connectivity index (χ0) is 23.3. The number of hydrogen-bond donors (Lipinski definition) is 1. The van der Waals surface area contributed by atoms with Gasteiger partial charge in [0.2, 0.25) is 5.91 Å². The van der Waals surface area contributed by atoms with Crippen molar-refractivity contribution in [3.63, 3.8) is 0 Å². The SMILES string of the molecule is COC(=O)[C@H]1CN(C(=O)C(NC(=O)OC(C)(C)C)C(C)C)C[C@@H]1Cc1ccc(Cl)cc1. The molecule has 1 aromatic rings. The van der Waals surface area contributed by atoms with Crippen LogP contribution in [0.25, 0.3) is 0 Å². The first-order chi connectivity index (χ1) is 14.4. The summed E-state index contributed by atoms with van der Waals surface area (Å²) < 4.78 is 10.3. The van der Waals surface area contributed by atoms with Crippen LogP contribution in [0, 0.1) is 17.8 Å². The molecule has 2 rings (SSSR count). The minimum Gasteiger partial charge on any atom is -0.469 e. The Kier molecular flexibility index (Phi) is 8.34. The van der Waals surface area contributed by atoms with E-state index in [-0.39, 0.29) is 30.3 Å².